The monoisotopic (exact) mass is 258 g/mol. The van der Waals surface area contributed by atoms with Crippen LogP contribution in [0.3, 0.4) is 0 Å². The molecule has 19 heavy (non-hydrogen) atoms. The fourth-order valence-electron chi connectivity index (χ4n) is 1.93. The lowest BCUT2D eigenvalue weighted by molar-refractivity contribution is 0.389. The van der Waals surface area contributed by atoms with Crippen LogP contribution in [0, 0.1) is 6.92 Å². The Balaban J connectivity index is 2.17. The lowest BCUT2D eigenvalue weighted by Crippen LogP contribution is -2.30. The molecule has 0 amide bonds. The average molecular weight is 258 g/mol. The van der Waals surface area contributed by atoms with Gasteiger partial charge in [0.15, 0.2) is 0 Å². The van der Waals surface area contributed by atoms with Gasteiger partial charge in [-0.3, -0.25) is 11.3 Å². The molecule has 1 aromatic heterocycles. The summed E-state index contributed by atoms with van der Waals surface area (Å²) >= 11 is 0. The fourth-order valence-corrected chi connectivity index (χ4v) is 1.93. The van der Waals surface area contributed by atoms with Crippen molar-refractivity contribution in [2.24, 2.45) is 5.84 Å². The van der Waals surface area contributed by atoms with Gasteiger partial charge in [-0.25, -0.2) is 0 Å². The van der Waals surface area contributed by atoms with Gasteiger partial charge in [0.25, 0.3) is 0 Å². The Morgan fingerprint density at radius 2 is 2.00 bits per heavy atom. The van der Waals surface area contributed by atoms with Gasteiger partial charge in [0.2, 0.25) is 5.88 Å². The van der Waals surface area contributed by atoms with Crippen molar-refractivity contribution in [1.29, 1.82) is 0 Å². The minimum atomic E-state index is -0.0699. The van der Waals surface area contributed by atoms with Crippen LogP contribution in [-0.2, 0) is 6.42 Å². The number of rotatable bonds is 5. The zero-order valence-electron chi connectivity index (χ0n) is 11.1. The molecule has 3 N–H and O–H groups in total. The number of hydrogen-bond acceptors (Lipinski definition) is 5. The summed E-state index contributed by atoms with van der Waals surface area (Å²) in [7, 11) is 1.57. The number of methoxy groups -OCH3 is 1. The maximum Gasteiger partial charge on any atom is 0.233 e. The lowest BCUT2D eigenvalue weighted by atomic mass is 9.99. The zero-order chi connectivity index (χ0) is 13.7. The van der Waals surface area contributed by atoms with Crippen molar-refractivity contribution in [3.8, 4) is 5.88 Å². The molecule has 0 aliphatic rings. The van der Waals surface area contributed by atoms with E-state index in [9.17, 15) is 0 Å². The summed E-state index contributed by atoms with van der Waals surface area (Å²) < 4.78 is 4.99. The second kappa shape index (κ2) is 6.26. The van der Waals surface area contributed by atoms with Crippen LogP contribution >= 0.6 is 0 Å². The van der Waals surface area contributed by atoms with E-state index in [2.05, 4.69) is 34.7 Å². The summed E-state index contributed by atoms with van der Waals surface area (Å²) in [4.78, 5) is 0. The minimum absolute atomic E-state index is 0.0699. The Bertz CT molecular complexity index is 527. The molecule has 0 radical (unpaired) electrons. The summed E-state index contributed by atoms with van der Waals surface area (Å²) in [5.41, 5.74) is 6.06. The Morgan fingerprint density at radius 3 is 2.58 bits per heavy atom. The Labute approximate surface area is 112 Å². The summed E-state index contributed by atoms with van der Waals surface area (Å²) in [6.45, 7) is 2.09. The van der Waals surface area contributed by atoms with Crippen molar-refractivity contribution in [3.63, 3.8) is 0 Å². The van der Waals surface area contributed by atoms with E-state index in [-0.39, 0.29) is 6.04 Å². The SMILES string of the molecule is COc1ccc(C(Cc2ccccc2C)NN)nn1. The first kappa shape index (κ1) is 13.5. The molecule has 5 nitrogen and oxygen atoms in total. The molecule has 1 heterocycles. The van der Waals surface area contributed by atoms with E-state index in [1.165, 1.54) is 11.1 Å². The Morgan fingerprint density at radius 1 is 1.21 bits per heavy atom. The molecule has 2 rings (SSSR count). The number of aromatic nitrogens is 2. The van der Waals surface area contributed by atoms with E-state index in [0.29, 0.717) is 5.88 Å². The molecule has 1 unspecified atom stereocenters. The van der Waals surface area contributed by atoms with Crippen LogP contribution in [0.5, 0.6) is 5.88 Å². The number of ether oxygens (including phenoxy) is 1. The van der Waals surface area contributed by atoms with E-state index >= 15 is 0 Å². The predicted octanol–water partition coefficient (Wildman–Crippen LogP) is 1.54. The van der Waals surface area contributed by atoms with Crippen molar-refractivity contribution in [3.05, 3.63) is 53.2 Å². The highest BCUT2D eigenvalue weighted by Gasteiger charge is 2.13. The van der Waals surface area contributed by atoms with Crippen molar-refractivity contribution in [1.82, 2.24) is 15.6 Å². The fraction of sp³-hybridized carbons (Fsp3) is 0.286. The van der Waals surface area contributed by atoms with Gasteiger partial charge in [-0.1, -0.05) is 24.3 Å². The third-order valence-corrected chi connectivity index (χ3v) is 3.11. The van der Waals surface area contributed by atoms with Gasteiger partial charge in [0, 0.05) is 6.07 Å². The molecule has 0 aliphatic carbocycles. The highest BCUT2D eigenvalue weighted by molar-refractivity contribution is 5.27. The molecule has 0 saturated carbocycles. The molecule has 0 saturated heterocycles. The lowest BCUT2D eigenvalue weighted by Gasteiger charge is -2.16. The summed E-state index contributed by atoms with van der Waals surface area (Å²) in [5.74, 6) is 6.12. The molecular weight excluding hydrogens is 240 g/mol. The number of hydrazine groups is 1. The summed E-state index contributed by atoms with van der Waals surface area (Å²) in [6, 6.07) is 11.8. The third kappa shape index (κ3) is 3.27. The van der Waals surface area contributed by atoms with E-state index in [1.54, 1.807) is 13.2 Å². The van der Waals surface area contributed by atoms with Gasteiger partial charge >= 0.3 is 0 Å². The third-order valence-electron chi connectivity index (χ3n) is 3.11. The number of nitrogens with zero attached hydrogens (tertiary/aromatic N) is 2. The van der Waals surface area contributed by atoms with Crippen LogP contribution in [0.4, 0.5) is 0 Å². The number of nitrogens with one attached hydrogen (secondary N) is 1. The van der Waals surface area contributed by atoms with Gasteiger partial charge < -0.3 is 4.74 Å². The van der Waals surface area contributed by atoms with Crippen molar-refractivity contribution >= 4 is 0 Å². The van der Waals surface area contributed by atoms with Gasteiger partial charge in [-0.05, 0) is 30.5 Å². The quantitative estimate of drug-likeness (QED) is 0.628. The topological polar surface area (TPSA) is 73.1 Å². The van der Waals surface area contributed by atoms with E-state index in [0.717, 1.165) is 12.1 Å². The molecule has 1 atom stereocenters. The second-order valence-electron chi connectivity index (χ2n) is 4.35. The van der Waals surface area contributed by atoms with Gasteiger partial charge in [-0.15, -0.1) is 5.10 Å². The second-order valence-corrected chi connectivity index (χ2v) is 4.35. The summed E-state index contributed by atoms with van der Waals surface area (Å²) in [5, 5.41) is 8.09. The minimum Gasteiger partial charge on any atom is -0.480 e. The first-order valence-electron chi connectivity index (χ1n) is 6.13. The zero-order valence-corrected chi connectivity index (χ0v) is 11.1. The number of hydrogen-bond donors (Lipinski definition) is 2. The molecule has 1 aromatic carbocycles. The summed E-state index contributed by atoms with van der Waals surface area (Å²) in [6.07, 6.45) is 0.768. The van der Waals surface area contributed by atoms with Crippen LogP contribution in [0.1, 0.15) is 22.9 Å². The van der Waals surface area contributed by atoms with Crippen LogP contribution in [0.2, 0.25) is 0 Å². The van der Waals surface area contributed by atoms with E-state index in [1.807, 2.05) is 18.2 Å². The molecule has 100 valence electrons. The smallest absolute Gasteiger partial charge is 0.233 e. The number of nitrogens with two attached hydrogens (primary N) is 1. The number of benzene rings is 1. The average Bonchev–Trinajstić information content (AvgIpc) is 2.47. The molecular formula is C14H18N4O. The molecule has 0 spiro atoms. The number of aryl methyl sites for hydroxylation is 1. The largest absolute Gasteiger partial charge is 0.480 e. The highest BCUT2D eigenvalue weighted by Crippen LogP contribution is 2.18. The van der Waals surface area contributed by atoms with Crippen LogP contribution in [0.25, 0.3) is 0 Å². The van der Waals surface area contributed by atoms with Gasteiger partial charge in [-0.2, -0.15) is 5.10 Å². The Kier molecular flexibility index (Phi) is 4.43. The van der Waals surface area contributed by atoms with Crippen LogP contribution in [0.15, 0.2) is 36.4 Å². The van der Waals surface area contributed by atoms with Crippen LogP contribution in [-0.4, -0.2) is 17.3 Å². The standard InChI is InChI=1S/C14H18N4O/c1-10-5-3-4-6-11(10)9-13(16-15)12-7-8-14(19-2)18-17-12/h3-8,13,16H,9,15H2,1-2H3. The van der Waals surface area contributed by atoms with Gasteiger partial charge in [0.05, 0.1) is 18.8 Å². The molecule has 2 aromatic rings. The first-order chi connectivity index (χ1) is 9.24. The molecule has 0 bridgehead atoms. The van der Waals surface area contributed by atoms with Crippen molar-refractivity contribution in [2.75, 3.05) is 7.11 Å². The van der Waals surface area contributed by atoms with Crippen molar-refractivity contribution in [2.45, 2.75) is 19.4 Å². The van der Waals surface area contributed by atoms with Gasteiger partial charge in [0.1, 0.15) is 0 Å². The predicted molar refractivity (Wildman–Crippen MR) is 73.5 cm³/mol. The molecule has 5 heteroatoms. The van der Waals surface area contributed by atoms with Crippen molar-refractivity contribution < 1.29 is 4.74 Å². The molecule has 0 fully saturated rings. The first-order valence-corrected chi connectivity index (χ1v) is 6.13. The highest BCUT2D eigenvalue weighted by atomic mass is 16.5. The Hall–Kier alpha value is -1.98. The van der Waals surface area contributed by atoms with E-state index in [4.69, 9.17) is 10.6 Å². The van der Waals surface area contributed by atoms with Crippen LogP contribution < -0.4 is 16.0 Å². The molecule has 0 aliphatic heterocycles. The normalized spacial score (nSPS) is 12.2. The maximum absolute atomic E-state index is 5.62. The van der Waals surface area contributed by atoms with E-state index < -0.39 is 0 Å². The maximum atomic E-state index is 5.62.